The van der Waals surface area contributed by atoms with Crippen molar-refractivity contribution >= 4 is 5.91 Å². The third kappa shape index (κ3) is 3.84. The minimum atomic E-state index is -0.291. The van der Waals surface area contributed by atoms with Gasteiger partial charge in [0.15, 0.2) is 0 Å². The van der Waals surface area contributed by atoms with Crippen LogP contribution in [0.25, 0.3) is 0 Å². The Morgan fingerprint density at radius 2 is 1.88 bits per heavy atom. The van der Waals surface area contributed by atoms with E-state index < -0.39 is 0 Å². The summed E-state index contributed by atoms with van der Waals surface area (Å²) in [6.45, 7) is 2.47. The van der Waals surface area contributed by atoms with Gasteiger partial charge in [-0.05, 0) is 42.3 Å². The van der Waals surface area contributed by atoms with Crippen LogP contribution in [0, 0.1) is 5.82 Å². The van der Waals surface area contributed by atoms with Crippen LogP contribution in [-0.4, -0.2) is 20.7 Å². The van der Waals surface area contributed by atoms with Gasteiger partial charge in [0.25, 0.3) is 5.91 Å². The van der Waals surface area contributed by atoms with E-state index >= 15 is 0 Å². The Balaban J connectivity index is 1.63. The zero-order valence-electron chi connectivity index (χ0n) is 13.2. The van der Waals surface area contributed by atoms with E-state index in [-0.39, 0.29) is 17.8 Å². The van der Waals surface area contributed by atoms with Crippen molar-refractivity contribution in [1.29, 1.82) is 0 Å². The molecule has 0 aliphatic carbocycles. The number of hydrogen-bond donors (Lipinski definition) is 1. The highest BCUT2D eigenvalue weighted by Crippen LogP contribution is 2.14. The molecule has 1 atom stereocenters. The molecule has 6 heteroatoms. The molecule has 122 valence electrons. The molecular formula is C18H17FN4O. The maximum atomic E-state index is 13.0. The van der Waals surface area contributed by atoms with E-state index in [0.29, 0.717) is 12.1 Å². The standard InChI is InChI=1S/C18H17FN4O/c1-13(15-6-8-17(19)9-7-15)22-18(24)16-4-2-14(3-5-16)10-23-12-20-11-21-23/h2-9,11-13H,10H2,1H3,(H,22,24)/t13-/m0/s1. The Bertz CT molecular complexity index is 798. The SMILES string of the molecule is C[C@H](NC(=O)c1ccc(Cn2cncn2)cc1)c1ccc(F)cc1. The molecule has 0 bridgehead atoms. The predicted molar refractivity (Wildman–Crippen MR) is 87.8 cm³/mol. The smallest absolute Gasteiger partial charge is 0.251 e. The van der Waals surface area contributed by atoms with Gasteiger partial charge in [0.1, 0.15) is 18.5 Å². The number of hydrogen-bond acceptors (Lipinski definition) is 3. The lowest BCUT2D eigenvalue weighted by atomic mass is 10.1. The average Bonchev–Trinajstić information content (AvgIpc) is 3.09. The highest BCUT2D eigenvalue weighted by atomic mass is 19.1. The molecule has 0 fully saturated rings. The van der Waals surface area contributed by atoms with E-state index in [9.17, 15) is 9.18 Å². The van der Waals surface area contributed by atoms with E-state index in [4.69, 9.17) is 0 Å². The summed E-state index contributed by atoms with van der Waals surface area (Å²) in [5, 5.41) is 6.96. The first-order chi connectivity index (χ1) is 11.6. The molecule has 0 radical (unpaired) electrons. The molecule has 0 spiro atoms. The largest absolute Gasteiger partial charge is 0.346 e. The third-order valence-corrected chi connectivity index (χ3v) is 3.74. The summed E-state index contributed by atoms with van der Waals surface area (Å²) in [6, 6.07) is 13.2. The number of carbonyl (C=O) groups excluding carboxylic acids is 1. The number of amides is 1. The van der Waals surface area contributed by atoms with Crippen molar-refractivity contribution in [3.05, 3.63) is 83.7 Å². The number of nitrogens with zero attached hydrogens (tertiary/aromatic N) is 3. The van der Waals surface area contributed by atoms with Gasteiger partial charge in [0, 0.05) is 5.56 Å². The van der Waals surface area contributed by atoms with E-state index in [1.165, 1.54) is 18.5 Å². The molecule has 0 aliphatic heterocycles. The summed E-state index contributed by atoms with van der Waals surface area (Å²) in [5.41, 5.74) is 2.46. The number of aromatic nitrogens is 3. The predicted octanol–water partition coefficient (Wildman–Crippen LogP) is 2.96. The Labute approximate surface area is 139 Å². The Morgan fingerprint density at radius 3 is 2.50 bits per heavy atom. The number of rotatable bonds is 5. The van der Waals surface area contributed by atoms with Crippen LogP contribution < -0.4 is 5.32 Å². The van der Waals surface area contributed by atoms with Gasteiger partial charge in [-0.1, -0.05) is 24.3 Å². The Hall–Kier alpha value is -3.02. The average molecular weight is 324 g/mol. The second-order valence-corrected chi connectivity index (χ2v) is 5.54. The van der Waals surface area contributed by atoms with Crippen LogP contribution in [0.4, 0.5) is 4.39 Å². The van der Waals surface area contributed by atoms with E-state index in [1.54, 1.807) is 35.3 Å². The molecule has 0 saturated heterocycles. The van der Waals surface area contributed by atoms with Crippen molar-refractivity contribution in [2.24, 2.45) is 0 Å². The molecule has 1 aromatic heterocycles. The maximum absolute atomic E-state index is 13.0. The van der Waals surface area contributed by atoms with Crippen LogP contribution in [0.1, 0.15) is 34.5 Å². The molecule has 0 unspecified atom stereocenters. The molecule has 1 N–H and O–H groups in total. The van der Waals surface area contributed by atoms with Gasteiger partial charge in [-0.2, -0.15) is 5.10 Å². The highest BCUT2D eigenvalue weighted by Gasteiger charge is 2.11. The zero-order valence-corrected chi connectivity index (χ0v) is 13.2. The fourth-order valence-corrected chi connectivity index (χ4v) is 2.38. The van der Waals surface area contributed by atoms with Gasteiger partial charge in [0.05, 0.1) is 12.6 Å². The van der Waals surface area contributed by atoms with Gasteiger partial charge in [-0.15, -0.1) is 0 Å². The molecule has 0 aliphatic rings. The van der Waals surface area contributed by atoms with Crippen molar-refractivity contribution in [1.82, 2.24) is 20.1 Å². The van der Waals surface area contributed by atoms with Crippen LogP contribution in [0.15, 0.2) is 61.2 Å². The molecule has 3 rings (SSSR count). The topological polar surface area (TPSA) is 59.8 Å². The van der Waals surface area contributed by atoms with Crippen molar-refractivity contribution in [2.75, 3.05) is 0 Å². The van der Waals surface area contributed by atoms with Crippen LogP contribution >= 0.6 is 0 Å². The van der Waals surface area contributed by atoms with Crippen molar-refractivity contribution < 1.29 is 9.18 Å². The normalized spacial score (nSPS) is 11.9. The van der Waals surface area contributed by atoms with Gasteiger partial charge in [-0.25, -0.2) is 14.1 Å². The fraction of sp³-hybridized carbons (Fsp3) is 0.167. The van der Waals surface area contributed by atoms with E-state index in [0.717, 1.165) is 11.1 Å². The molecule has 5 nitrogen and oxygen atoms in total. The van der Waals surface area contributed by atoms with E-state index in [2.05, 4.69) is 15.4 Å². The molecule has 1 heterocycles. The first-order valence-corrected chi connectivity index (χ1v) is 7.59. The molecule has 1 amide bonds. The van der Waals surface area contributed by atoms with Crippen molar-refractivity contribution in [3.63, 3.8) is 0 Å². The van der Waals surface area contributed by atoms with Crippen molar-refractivity contribution in [3.8, 4) is 0 Å². The monoisotopic (exact) mass is 324 g/mol. The summed E-state index contributed by atoms with van der Waals surface area (Å²) in [5.74, 6) is -0.459. The Morgan fingerprint density at radius 1 is 1.17 bits per heavy atom. The first-order valence-electron chi connectivity index (χ1n) is 7.59. The van der Waals surface area contributed by atoms with Crippen LogP contribution in [0.3, 0.4) is 0 Å². The molecule has 2 aromatic carbocycles. The quantitative estimate of drug-likeness (QED) is 0.785. The molecule has 0 saturated carbocycles. The van der Waals surface area contributed by atoms with Gasteiger partial charge in [0.2, 0.25) is 0 Å². The summed E-state index contributed by atoms with van der Waals surface area (Å²) >= 11 is 0. The number of carbonyl (C=O) groups is 1. The summed E-state index contributed by atoms with van der Waals surface area (Å²) in [6.07, 6.45) is 3.13. The van der Waals surface area contributed by atoms with Gasteiger partial charge in [-0.3, -0.25) is 4.79 Å². The van der Waals surface area contributed by atoms with Gasteiger partial charge >= 0.3 is 0 Å². The maximum Gasteiger partial charge on any atom is 0.251 e. The fourth-order valence-electron chi connectivity index (χ4n) is 2.38. The van der Waals surface area contributed by atoms with Crippen LogP contribution in [-0.2, 0) is 6.54 Å². The number of halogens is 1. The first kappa shape index (κ1) is 15.9. The van der Waals surface area contributed by atoms with Gasteiger partial charge < -0.3 is 5.32 Å². The molecule has 3 aromatic rings. The summed E-state index contributed by atoms with van der Waals surface area (Å²) in [4.78, 5) is 16.2. The zero-order chi connectivity index (χ0) is 16.9. The highest BCUT2D eigenvalue weighted by molar-refractivity contribution is 5.94. The lowest BCUT2D eigenvalue weighted by molar-refractivity contribution is 0.0940. The molecular weight excluding hydrogens is 307 g/mol. The lowest BCUT2D eigenvalue weighted by Gasteiger charge is -2.14. The number of benzene rings is 2. The minimum absolute atomic E-state index is 0.167. The number of nitrogens with one attached hydrogen (secondary N) is 1. The lowest BCUT2D eigenvalue weighted by Crippen LogP contribution is -2.26. The second-order valence-electron chi connectivity index (χ2n) is 5.54. The molecule has 24 heavy (non-hydrogen) atoms. The van der Waals surface area contributed by atoms with Crippen LogP contribution in [0.2, 0.25) is 0 Å². The van der Waals surface area contributed by atoms with E-state index in [1.807, 2.05) is 19.1 Å². The second kappa shape index (κ2) is 7.04. The minimum Gasteiger partial charge on any atom is -0.346 e. The van der Waals surface area contributed by atoms with Crippen LogP contribution in [0.5, 0.6) is 0 Å². The summed E-state index contributed by atoms with van der Waals surface area (Å²) in [7, 11) is 0. The Kier molecular flexibility index (Phi) is 4.65. The van der Waals surface area contributed by atoms with Crippen molar-refractivity contribution in [2.45, 2.75) is 19.5 Å². The third-order valence-electron chi connectivity index (χ3n) is 3.74. The summed E-state index contributed by atoms with van der Waals surface area (Å²) < 4.78 is 14.7.